The van der Waals surface area contributed by atoms with Crippen molar-refractivity contribution in [2.24, 2.45) is 0 Å². The summed E-state index contributed by atoms with van der Waals surface area (Å²) in [5, 5.41) is 0. The van der Waals surface area contributed by atoms with Gasteiger partial charge in [0, 0.05) is 13.1 Å². The Bertz CT molecular complexity index is 290. The van der Waals surface area contributed by atoms with Crippen LogP contribution in [0.3, 0.4) is 0 Å². The molecular weight excluding hydrogens is 168 g/mol. The van der Waals surface area contributed by atoms with Gasteiger partial charge in [-0.25, -0.2) is 4.98 Å². The molecule has 2 heterocycles. The molecule has 1 aromatic rings. The van der Waals surface area contributed by atoms with Crippen LogP contribution in [-0.4, -0.2) is 24.4 Å². The van der Waals surface area contributed by atoms with Gasteiger partial charge in [-0.3, -0.25) is 0 Å². The second-order valence-corrected chi connectivity index (χ2v) is 3.17. The van der Waals surface area contributed by atoms with Crippen LogP contribution in [0.25, 0.3) is 0 Å². The monoisotopic (exact) mass is 180 g/mol. The first-order chi connectivity index (χ1) is 6.40. The first kappa shape index (κ1) is 8.29. The van der Waals surface area contributed by atoms with Crippen LogP contribution in [0.4, 0.5) is 6.01 Å². The summed E-state index contributed by atoms with van der Waals surface area (Å²) in [6.45, 7) is 2.03. The third-order valence-electron chi connectivity index (χ3n) is 2.20. The van der Waals surface area contributed by atoms with Gasteiger partial charge in [-0.05, 0) is 12.8 Å². The van der Waals surface area contributed by atoms with E-state index in [1.54, 1.807) is 6.20 Å². The molecular formula is C9H12N2O2. The summed E-state index contributed by atoms with van der Waals surface area (Å²) in [6, 6.07) is 0.661. The zero-order valence-corrected chi connectivity index (χ0v) is 7.40. The third kappa shape index (κ3) is 1.71. The van der Waals surface area contributed by atoms with Crippen LogP contribution in [-0.2, 0) is 11.2 Å². The van der Waals surface area contributed by atoms with Crippen LogP contribution in [0, 0.1) is 0 Å². The molecule has 4 heteroatoms. The zero-order chi connectivity index (χ0) is 9.10. The van der Waals surface area contributed by atoms with E-state index in [1.165, 1.54) is 12.8 Å². The SMILES string of the molecule is O=CCc1cnc(N2CCCC2)o1. The second kappa shape index (κ2) is 3.60. The smallest absolute Gasteiger partial charge is 0.297 e. The first-order valence-electron chi connectivity index (χ1n) is 4.53. The lowest BCUT2D eigenvalue weighted by molar-refractivity contribution is -0.107. The maximum atomic E-state index is 10.2. The molecule has 70 valence electrons. The molecule has 0 aromatic carbocycles. The summed E-state index contributed by atoms with van der Waals surface area (Å²) in [5.74, 6) is 0.650. The standard InChI is InChI=1S/C9H12N2O2/c12-6-3-8-7-10-9(13-8)11-4-1-2-5-11/h6-7H,1-5H2. The molecule has 0 bridgehead atoms. The van der Waals surface area contributed by atoms with E-state index < -0.39 is 0 Å². The number of anilines is 1. The lowest BCUT2D eigenvalue weighted by Crippen LogP contribution is -2.17. The van der Waals surface area contributed by atoms with Gasteiger partial charge in [0.25, 0.3) is 6.01 Å². The molecule has 1 saturated heterocycles. The third-order valence-corrected chi connectivity index (χ3v) is 2.20. The van der Waals surface area contributed by atoms with Crippen LogP contribution in [0.2, 0.25) is 0 Å². The van der Waals surface area contributed by atoms with E-state index >= 15 is 0 Å². The predicted molar refractivity (Wildman–Crippen MR) is 47.7 cm³/mol. The Kier molecular flexibility index (Phi) is 2.29. The Balaban J connectivity index is 2.07. The average molecular weight is 180 g/mol. The highest BCUT2D eigenvalue weighted by Gasteiger charge is 2.16. The number of hydrogen-bond donors (Lipinski definition) is 0. The van der Waals surface area contributed by atoms with E-state index in [0.29, 0.717) is 18.2 Å². The van der Waals surface area contributed by atoms with Crippen molar-refractivity contribution >= 4 is 12.3 Å². The number of aldehydes is 1. The van der Waals surface area contributed by atoms with Crippen LogP contribution >= 0.6 is 0 Å². The highest BCUT2D eigenvalue weighted by molar-refractivity contribution is 5.53. The fourth-order valence-corrected chi connectivity index (χ4v) is 1.53. The summed E-state index contributed by atoms with van der Waals surface area (Å²) < 4.78 is 5.39. The Morgan fingerprint density at radius 1 is 1.54 bits per heavy atom. The minimum Gasteiger partial charge on any atom is -0.428 e. The summed E-state index contributed by atoms with van der Waals surface area (Å²) in [5.41, 5.74) is 0. The molecule has 13 heavy (non-hydrogen) atoms. The van der Waals surface area contributed by atoms with Crippen LogP contribution in [0.5, 0.6) is 0 Å². The highest BCUT2D eigenvalue weighted by Crippen LogP contribution is 2.19. The van der Waals surface area contributed by atoms with E-state index in [0.717, 1.165) is 19.4 Å². The number of carbonyl (C=O) groups excluding carboxylic acids is 1. The van der Waals surface area contributed by atoms with Crippen LogP contribution < -0.4 is 4.90 Å². The van der Waals surface area contributed by atoms with Gasteiger partial charge in [0.05, 0.1) is 12.6 Å². The zero-order valence-electron chi connectivity index (χ0n) is 7.40. The number of aromatic nitrogens is 1. The Labute approximate surface area is 76.6 Å². The summed E-state index contributed by atoms with van der Waals surface area (Å²) in [4.78, 5) is 16.4. The van der Waals surface area contributed by atoms with Gasteiger partial charge in [0.2, 0.25) is 0 Å². The number of oxazole rings is 1. The van der Waals surface area contributed by atoms with E-state index in [1.807, 2.05) is 0 Å². The maximum Gasteiger partial charge on any atom is 0.297 e. The van der Waals surface area contributed by atoms with Gasteiger partial charge in [0.15, 0.2) is 0 Å². The van der Waals surface area contributed by atoms with E-state index in [-0.39, 0.29) is 0 Å². The van der Waals surface area contributed by atoms with Crippen molar-refractivity contribution < 1.29 is 9.21 Å². The molecule has 1 aliphatic heterocycles. The predicted octanol–water partition coefficient (Wildman–Crippen LogP) is 1.02. The lowest BCUT2D eigenvalue weighted by Gasteiger charge is -2.10. The van der Waals surface area contributed by atoms with Gasteiger partial charge >= 0.3 is 0 Å². The normalized spacial score (nSPS) is 16.5. The van der Waals surface area contributed by atoms with E-state index in [4.69, 9.17) is 4.42 Å². The van der Waals surface area contributed by atoms with Gasteiger partial charge in [-0.15, -0.1) is 0 Å². The molecule has 0 radical (unpaired) electrons. The Morgan fingerprint density at radius 2 is 2.31 bits per heavy atom. The lowest BCUT2D eigenvalue weighted by atomic mass is 10.4. The van der Waals surface area contributed by atoms with Crippen molar-refractivity contribution in [2.75, 3.05) is 18.0 Å². The van der Waals surface area contributed by atoms with Crippen LogP contribution in [0.1, 0.15) is 18.6 Å². The maximum absolute atomic E-state index is 10.2. The molecule has 0 amide bonds. The molecule has 0 spiro atoms. The molecule has 1 aliphatic rings. The molecule has 0 aliphatic carbocycles. The Morgan fingerprint density at radius 3 is 3.00 bits per heavy atom. The molecule has 1 aromatic heterocycles. The second-order valence-electron chi connectivity index (χ2n) is 3.17. The summed E-state index contributed by atoms with van der Waals surface area (Å²) >= 11 is 0. The molecule has 4 nitrogen and oxygen atoms in total. The molecule has 0 atom stereocenters. The van der Waals surface area contributed by atoms with Crippen molar-refractivity contribution in [3.63, 3.8) is 0 Å². The molecule has 0 N–H and O–H groups in total. The minimum absolute atomic E-state index is 0.320. The number of nitrogens with zero attached hydrogens (tertiary/aromatic N) is 2. The van der Waals surface area contributed by atoms with E-state index in [2.05, 4.69) is 9.88 Å². The number of carbonyl (C=O) groups is 1. The fraction of sp³-hybridized carbons (Fsp3) is 0.556. The number of rotatable bonds is 3. The molecule has 0 saturated carbocycles. The molecule has 2 rings (SSSR count). The highest BCUT2D eigenvalue weighted by atomic mass is 16.4. The molecule has 1 fully saturated rings. The van der Waals surface area contributed by atoms with Crippen molar-refractivity contribution in [2.45, 2.75) is 19.3 Å². The van der Waals surface area contributed by atoms with Crippen LogP contribution in [0.15, 0.2) is 10.6 Å². The van der Waals surface area contributed by atoms with E-state index in [9.17, 15) is 4.79 Å². The van der Waals surface area contributed by atoms with Crippen molar-refractivity contribution in [1.82, 2.24) is 4.98 Å². The van der Waals surface area contributed by atoms with Gasteiger partial charge in [-0.2, -0.15) is 0 Å². The van der Waals surface area contributed by atoms with Gasteiger partial charge in [0.1, 0.15) is 12.0 Å². The average Bonchev–Trinajstić information content (AvgIpc) is 2.70. The summed E-state index contributed by atoms with van der Waals surface area (Å²) in [6.07, 6.45) is 5.17. The van der Waals surface area contributed by atoms with Gasteiger partial charge < -0.3 is 14.1 Å². The molecule has 0 unspecified atom stereocenters. The quantitative estimate of drug-likeness (QED) is 0.651. The first-order valence-corrected chi connectivity index (χ1v) is 4.53. The largest absolute Gasteiger partial charge is 0.428 e. The summed E-state index contributed by atoms with van der Waals surface area (Å²) in [7, 11) is 0. The van der Waals surface area contributed by atoms with Gasteiger partial charge in [-0.1, -0.05) is 0 Å². The minimum atomic E-state index is 0.320. The van der Waals surface area contributed by atoms with Crippen molar-refractivity contribution in [1.29, 1.82) is 0 Å². The topological polar surface area (TPSA) is 46.3 Å². The number of hydrogen-bond acceptors (Lipinski definition) is 4. The Hall–Kier alpha value is -1.32. The fourth-order valence-electron chi connectivity index (χ4n) is 1.53. The van der Waals surface area contributed by atoms with Crippen molar-refractivity contribution in [3.8, 4) is 0 Å². The van der Waals surface area contributed by atoms with Crippen molar-refractivity contribution in [3.05, 3.63) is 12.0 Å².